The molecule has 0 radical (unpaired) electrons. The molecule has 0 aromatic heterocycles. The molecule has 0 unspecified atom stereocenters. The number of alkyl halides is 1. The second-order valence-electron chi connectivity index (χ2n) is 5.58. The van der Waals surface area contributed by atoms with E-state index in [2.05, 4.69) is 10.1 Å². The van der Waals surface area contributed by atoms with Crippen molar-refractivity contribution in [3.05, 3.63) is 0 Å². The van der Waals surface area contributed by atoms with Gasteiger partial charge in [0.2, 0.25) is 5.91 Å². The molecule has 0 saturated carbocycles. The molecule has 1 rings (SSSR count). The number of aliphatic hydroxyl groups is 1. The van der Waals surface area contributed by atoms with E-state index < -0.39 is 55.2 Å². The van der Waals surface area contributed by atoms with E-state index in [1.807, 2.05) is 6.92 Å². The second kappa shape index (κ2) is 9.53. The molecule has 0 aliphatic carbocycles. The second-order valence-corrected chi connectivity index (χ2v) is 5.58. The molecule has 1 aliphatic rings. The number of ether oxygens (including phenoxy) is 3. The van der Waals surface area contributed by atoms with Crippen LogP contribution in [-0.4, -0.2) is 60.3 Å². The molecule has 1 aliphatic heterocycles. The van der Waals surface area contributed by atoms with Gasteiger partial charge in [-0.1, -0.05) is 13.3 Å². The monoisotopic (exact) mass is 349 g/mol. The Bertz CT molecular complexity index is 459. The predicted molar refractivity (Wildman–Crippen MR) is 79.4 cm³/mol. The maximum Gasteiger partial charge on any atom is 0.303 e. The molecule has 8 nitrogen and oxygen atoms in total. The minimum absolute atomic E-state index is 0.195. The zero-order chi connectivity index (χ0) is 18.3. The molecular weight excluding hydrogens is 325 g/mol. The Balaban J connectivity index is 2.83. The van der Waals surface area contributed by atoms with Crippen molar-refractivity contribution in [2.45, 2.75) is 70.7 Å². The Hall–Kier alpha value is -1.74. The molecular formula is C15H24FNO7. The van der Waals surface area contributed by atoms with Crippen LogP contribution < -0.4 is 5.32 Å². The fourth-order valence-corrected chi connectivity index (χ4v) is 2.32. The van der Waals surface area contributed by atoms with Crippen molar-refractivity contribution in [3.8, 4) is 0 Å². The zero-order valence-electron chi connectivity index (χ0n) is 14.0. The SMILES string of the molecule is CCCCC(=O)N[C@@H]1[C@@H](OC(C)=O)[C@H](F)[C@@H](COC(C)=O)O[C@@H]1O. The highest BCUT2D eigenvalue weighted by Gasteiger charge is 2.48. The van der Waals surface area contributed by atoms with Gasteiger partial charge < -0.3 is 24.6 Å². The van der Waals surface area contributed by atoms with Crippen LogP contribution in [0.5, 0.6) is 0 Å². The lowest BCUT2D eigenvalue weighted by atomic mass is 9.97. The first-order valence-corrected chi connectivity index (χ1v) is 7.83. The molecule has 1 amide bonds. The number of rotatable bonds is 7. The third-order valence-electron chi connectivity index (χ3n) is 3.48. The topological polar surface area (TPSA) is 111 Å². The van der Waals surface area contributed by atoms with Crippen molar-refractivity contribution in [3.63, 3.8) is 0 Å². The number of hydrogen-bond donors (Lipinski definition) is 2. The molecule has 24 heavy (non-hydrogen) atoms. The van der Waals surface area contributed by atoms with Crippen LogP contribution in [0.25, 0.3) is 0 Å². The van der Waals surface area contributed by atoms with Gasteiger partial charge in [0.25, 0.3) is 0 Å². The van der Waals surface area contributed by atoms with Gasteiger partial charge >= 0.3 is 11.9 Å². The molecule has 0 aromatic rings. The van der Waals surface area contributed by atoms with Crippen LogP contribution in [-0.2, 0) is 28.6 Å². The summed E-state index contributed by atoms with van der Waals surface area (Å²) in [5.41, 5.74) is 0. The van der Waals surface area contributed by atoms with Gasteiger partial charge in [0.15, 0.2) is 18.6 Å². The Morgan fingerprint density at radius 1 is 1.25 bits per heavy atom. The number of carbonyl (C=O) groups is 3. The number of esters is 2. The van der Waals surface area contributed by atoms with E-state index in [4.69, 9.17) is 9.47 Å². The summed E-state index contributed by atoms with van der Waals surface area (Å²) in [4.78, 5) is 33.9. The predicted octanol–water partition coefficient (Wildman–Crippen LogP) is 0.211. The highest BCUT2D eigenvalue weighted by Crippen LogP contribution is 2.26. The third-order valence-corrected chi connectivity index (χ3v) is 3.48. The summed E-state index contributed by atoms with van der Waals surface area (Å²) in [7, 11) is 0. The number of carbonyl (C=O) groups excluding carboxylic acids is 3. The number of unbranched alkanes of at least 4 members (excludes halogenated alkanes) is 1. The molecule has 2 N–H and O–H groups in total. The van der Waals surface area contributed by atoms with Gasteiger partial charge in [0, 0.05) is 20.3 Å². The number of hydrogen-bond acceptors (Lipinski definition) is 7. The first kappa shape index (κ1) is 20.3. The normalized spacial score (nSPS) is 29.6. The molecule has 138 valence electrons. The summed E-state index contributed by atoms with van der Waals surface area (Å²) < 4.78 is 29.3. The van der Waals surface area contributed by atoms with Crippen molar-refractivity contribution in [1.82, 2.24) is 5.32 Å². The van der Waals surface area contributed by atoms with Gasteiger partial charge in [-0.05, 0) is 6.42 Å². The van der Waals surface area contributed by atoms with E-state index in [0.29, 0.717) is 6.42 Å². The summed E-state index contributed by atoms with van der Waals surface area (Å²) in [6.07, 6.45) is -4.63. The lowest BCUT2D eigenvalue weighted by Gasteiger charge is -2.41. The smallest absolute Gasteiger partial charge is 0.303 e. The van der Waals surface area contributed by atoms with Crippen molar-refractivity contribution >= 4 is 17.8 Å². The highest BCUT2D eigenvalue weighted by atomic mass is 19.1. The summed E-state index contributed by atoms with van der Waals surface area (Å²) in [5.74, 6) is -1.82. The number of amides is 1. The Morgan fingerprint density at radius 2 is 1.92 bits per heavy atom. The maximum atomic E-state index is 14.6. The molecule has 0 spiro atoms. The minimum atomic E-state index is -1.88. The number of nitrogens with one attached hydrogen (secondary N) is 1. The Kier molecular flexibility index (Phi) is 8.06. The van der Waals surface area contributed by atoms with Gasteiger partial charge in [0.05, 0.1) is 0 Å². The van der Waals surface area contributed by atoms with Crippen LogP contribution in [0.2, 0.25) is 0 Å². The van der Waals surface area contributed by atoms with Gasteiger partial charge in [-0.25, -0.2) is 4.39 Å². The molecule has 5 atom stereocenters. The quantitative estimate of drug-likeness (QED) is 0.632. The van der Waals surface area contributed by atoms with E-state index in [0.717, 1.165) is 20.3 Å². The highest BCUT2D eigenvalue weighted by molar-refractivity contribution is 5.76. The third kappa shape index (κ3) is 6.04. The molecule has 1 heterocycles. The van der Waals surface area contributed by atoms with Crippen LogP contribution in [0, 0.1) is 0 Å². The van der Waals surface area contributed by atoms with Crippen LogP contribution >= 0.6 is 0 Å². The summed E-state index contributed by atoms with van der Waals surface area (Å²) in [5, 5.41) is 12.5. The van der Waals surface area contributed by atoms with Crippen molar-refractivity contribution in [2.24, 2.45) is 0 Å². The molecule has 1 saturated heterocycles. The first-order chi connectivity index (χ1) is 11.3. The standard InChI is InChI=1S/C15H24FNO7/c1-4-5-6-11(20)17-13-14(23-9(3)19)12(16)10(24-15(13)21)7-22-8(2)18/h10,12-15,21H,4-7H2,1-3H3,(H,17,20)/t10-,12-,13-,14+,15+/m1/s1. The van der Waals surface area contributed by atoms with Gasteiger partial charge in [-0.15, -0.1) is 0 Å². The van der Waals surface area contributed by atoms with E-state index in [1.165, 1.54) is 0 Å². The summed E-state index contributed by atoms with van der Waals surface area (Å²) in [6.45, 7) is 3.70. The average molecular weight is 349 g/mol. The largest absolute Gasteiger partial charge is 0.463 e. The molecule has 0 bridgehead atoms. The van der Waals surface area contributed by atoms with Gasteiger partial charge in [-0.2, -0.15) is 0 Å². The Labute approximate surface area is 139 Å². The van der Waals surface area contributed by atoms with Gasteiger partial charge in [0.1, 0.15) is 18.8 Å². The van der Waals surface area contributed by atoms with E-state index in [-0.39, 0.29) is 6.42 Å². The van der Waals surface area contributed by atoms with Crippen LogP contribution in [0.4, 0.5) is 4.39 Å². The summed E-state index contributed by atoms with van der Waals surface area (Å²) >= 11 is 0. The number of aliphatic hydroxyl groups excluding tert-OH is 1. The van der Waals surface area contributed by atoms with Crippen molar-refractivity contribution in [2.75, 3.05) is 6.61 Å². The van der Waals surface area contributed by atoms with Crippen LogP contribution in [0.15, 0.2) is 0 Å². The van der Waals surface area contributed by atoms with Crippen LogP contribution in [0.3, 0.4) is 0 Å². The average Bonchev–Trinajstić information content (AvgIpc) is 2.50. The first-order valence-electron chi connectivity index (χ1n) is 7.83. The van der Waals surface area contributed by atoms with Crippen molar-refractivity contribution in [1.29, 1.82) is 0 Å². The van der Waals surface area contributed by atoms with Crippen molar-refractivity contribution < 1.29 is 38.1 Å². The van der Waals surface area contributed by atoms with E-state index in [1.54, 1.807) is 0 Å². The number of halogens is 1. The lowest BCUT2D eigenvalue weighted by Crippen LogP contribution is -2.64. The Morgan fingerprint density at radius 3 is 2.46 bits per heavy atom. The van der Waals surface area contributed by atoms with Crippen LogP contribution in [0.1, 0.15) is 40.0 Å². The van der Waals surface area contributed by atoms with E-state index >= 15 is 0 Å². The molecule has 1 fully saturated rings. The maximum absolute atomic E-state index is 14.6. The fraction of sp³-hybridized carbons (Fsp3) is 0.800. The zero-order valence-corrected chi connectivity index (χ0v) is 14.0. The van der Waals surface area contributed by atoms with Gasteiger partial charge in [-0.3, -0.25) is 14.4 Å². The lowest BCUT2D eigenvalue weighted by molar-refractivity contribution is -0.247. The summed E-state index contributed by atoms with van der Waals surface area (Å²) in [6, 6.07) is -1.25. The fourth-order valence-electron chi connectivity index (χ4n) is 2.32. The van der Waals surface area contributed by atoms with E-state index in [9.17, 15) is 23.9 Å². The minimum Gasteiger partial charge on any atom is -0.463 e. The molecule has 0 aromatic carbocycles. The molecule has 9 heteroatoms.